The lowest BCUT2D eigenvalue weighted by atomic mass is 10.4. The van der Waals surface area contributed by atoms with Crippen molar-refractivity contribution >= 4 is 11.9 Å². The highest BCUT2D eigenvalue weighted by atomic mass is 16.6. The number of aliphatic hydroxyl groups excluding tert-OH is 2. The smallest absolute Gasteiger partial charge is 0.333 e. The van der Waals surface area contributed by atoms with Crippen LogP contribution in [0.25, 0.3) is 0 Å². The molecule has 0 aromatic heterocycles. The van der Waals surface area contributed by atoms with Crippen molar-refractivity contribution in [2.45, 2.75) is 13.8 Å². The maximum atomic E-state index is 10.8. The summed E-state index contributed by atoms with van der Waals surface area (Å²) < 4.78 is 9.38. The van der Waals surface area contributed by atoms with Gasteiger partial charge in [0.15, 0.2) is 0 Å². The first-order valence-electron chi connectivity index (χ1n) is 5.23. The van der Waals surface area contributed by atoms with Crippen LogP contribution in [0, 0.1) is 0 Å². The summed E-state index contributed by atoms with van der Waals surface area (Å²) in [6.45, 7) is 9.70. The van der Waals surface area contributed by atoms with Crippen LogP contribution in [-0.2, 0) is 19.1 Å². The van der Waals surface area contributed by atoms with Gasteiger partial charge in [-0.1, -0.05) is 13.2 Å². The molecule has 2 N–H and O–H groups in total. The number of rotatable bonds is 6. The third-order valence-corrected chi connectivity index (χ3v) is 1.35. The van der Waals surface area contributed by atoms with Crippen LogP contribution in [0.5, 0.6) is 0 Å². The van der Waals surface area contributed by atoms with Crippen LogP contribution >= 0.6 is 0 Å². The molecule has 18 heavy (non-hydrogen) atoms. The zero-order chi connectivity index (χ0) is 14.6. The number of carbonyl (C=O) groups is 2. The number of esters is 2. The minimum absolute atomic E-state index is 0.0325. The first-order chi connectivity index (χ1) is 8.36. The molecule has 0 aliphatic carbocycles. The quantitative estimate of drug-likeness (QED) is 0.402. The Labute approximate surface area is 107 Å². The fourth-order valence-electron chi connectivity index (χ4n) is 0.515. The average Bonchev–Trinajstić information content (AvgIpc) is 2.33. The van der Waals surface area contributed by atoms with Crippen LogP contribution in [-0.4, -0.2) is 48.6 Å². The van der Waals surface area contributed by atoms with E-state index < -0.39 is 11.9 Å². The number of carbonyl (C=O) groups excluding carboxylic acids is 2. The van der Waals surface area contributed by atoms with Gasteiger partial charge < -0.3 is 19.7 Å². The Kier molecular flexibility index (Phi) is 12.3. The van der Waals surface area contributed by atoms with E-state index in [1.54, 1.807) is 13.8 Å². The minimum Gasteiger partial charge on any atom is -0.459 e. The minimum atomic E-state index is -0.489. The predicted molar refractivity (Wildman–Crippen MR) is 65.7 cm³/mol. The van der Waals surface area contributed by atoms with Crippen LogP contribution in [0.15, 0.2) is 24.3 Å². The van der Waals surface area contributed by atoms with Gasteiger partial charge >= 0.3 is 11.9 Å². The molecule has 0 aromatic carbocycles. The summed E-state index contributed by atoms with van der Waals surface area (Å²) >= 11 is 0. The molecule has 0 aliphatic heterocycles. The van der Waals surface area contributed by atoms with E-state index in [9.17, 15) is 9.59 Å². The van der Waals surface area contributed by atoms with Gasteiger partial charge in [0.25, 0.3) is 0 Å². The normalized spacial score (nSPS) is 8.67. The molecule has 0 saturated heterocycles. The third-order valence-electron chi connectivity index (χ3n) is 1.35. The van der Waals surface area contributed by atoms with Crippen LogP contribution in [0.3, 0.4) is 0 Å². The first-order valence-corrected chi connectivity index (χ1v) is 5.23. The third kappa shape index (κ3) is 12.4. The molecule has 0 bridgehead atoms. The van der Waals surface area contributed by atoms with E-state index in [1.807, 2.05) is 0 Å². The molecule has 6 nitrogen and oxygen atoms in total. The summed E-state index contributed by atoms with van der Waals surface area (Å²) in [6.07, 6.45) is 0. The molecular weight excluding hydrogens is 240 g/mol. The van der Waals surface area contributed by atoms with E-state index in [-0.39, 0.29) is 26.4 Å². The van der Waals surface area contributed by atoms with Gasteiger partial charge in [-0.3, -0.25) is 0 Å². The average molecular weight is 260 g/mol. The van der Waals surface area contributed by atoms with Gasteiger partial charge in [-0.2, -0.15) is 0 Å². The van der Waals surface area contributed by atoms with Gasteiger partial charge in [-0.15, -0.1) is 0 Å². The molecule has 0 spiro atoms. The maximum Gasteiger partial charge on any atom is 0.333 e. The highest BCUT2D eigenvalue weighted by molar-refractivity contribution is 5.87. The molecular formula is C12H20O6. The van der Waals surface area contributed by atoms with Crippen molar-refractivity contribution in [1.29, 1.82) is 0 Å². The van der Waals surface area contributed by atoms with Crippen LogP contribution in [0.4, 0.5) is 0 Å². The Morgan fingerprint density at radius 1 is 0.889 bits per heavy atom. The number of hydrogen-bond donors (Lipinski definition) is 2. The Morgan fingerprint density at radius 2 is 1.17 bits per heavy atom. The molecule has 0 rings (SSSR count). The standard InChI is InChI=1S/C10H14O4.C2H6O2/c1-7(2)9(11)13-5-6-14-10(12)8(3)4;3-1-2-4/h1,3,5-6H2,2,4H3;3-4H,1-2H2. The number of hydrogen-bond acceptors (Lipinski definition) is 6. The molecule has 0 heterocycles. The van der Waals surface area contributed by atoms with Crippen LogP contribution in [0.2, 0.25) is 0 Å². The summed E-state index contributed by atoms with van der Waals surface area (Å²) in [6, 6.07) is 0. The van der Waals surface area contributed by atoms with Gasteiger partial charge in [0.2, 0.25) is 0 Å². The van der Waals surface area contributed by atoms with Gasteiger partial charge in [0.1, 0.15) is 13.2 Å². The second-order valence-corrected chi connectivity index (χ2v) is 3.28. The van der Waals surface area contributed by atoms with E-state index in [0.29, 0.717) is 11.1 Å². The molecule has 0 atom stereocenters. The van der Waals surface area contributed by atoms with Gasteiger partial charge in [-0.05, 0) is 13.8 Å². The highest BCUT2D eigenvalue weighted by Gasteiger charge is 2.05. The summed E-state index contributed by atoms with van der Waals surface area (Å²) in [4.78, 5) is 21.7. The summed E-state index contributed by atoms with van der Waals surface area (Å²) in [5.74, 6) is -0.979. The topological polar surface area (TPSA) is 93.1 Å². The van der Waals surface area contributed by atoms with Crippen molar-refractivity contribution < 1.29 is 29.3 Å². The molecule has 6 heteroatoms. The molecule has 0 unspecified atom stereocenters. The summed E-state index contributed by atoms with van der Waals surface area (Å²) in [7, 11) is 0. The van der Waals surface area contributed by atoms with Gasteiger partial charge in [-0.25, -0.2) is 9.59 Å². The van der Waals surface area contributed by atoms with Crippen molar-refractivity contribution in [3.63, 3.8) is 0 Å². The summed E-state index contributed by atoms with van der Waals surface area (Å²) in [5, 5.41) is 15.2. The lowest BCUT2D eigenvalue weighted by Crippen LogP contribution is -2.14. The Morgan fingerprint density at radius 3 is 1.33 bits per heavy atom. The SMILES string of the molecule is C=C(C)C(=O)OCCOC(=O)C(=C)C.OCCO. The molecule has 0 fully saturated rings. The lowest BCUT2D eigenvalue weighted by molar-refractivity contribution is -0.147. The molecule has 0 aromatic rings. The molecule has 0 saturated carbocycles. The van der Waals surface area contributed by atoms with E-state index >= 15 is 0 Å². The second-order valence-electron chi connectivity index (χ2n) is 3.28. The van der Waals surface area contributed by atoms with Gasteiger partial charge in [0.05, 0.1) is 13.2 Å². The molecule has 104 valence electrons. The van der Waals surface area contributed by atoms with E-state index in [4.69, 9.17) is 10.2 Å². The van der Waals surface area contributed by atoms with Gasteiger partial charge in [0, 0.05) is 11.1 Å². The van der Waals surface area contributed by atoms with E-state index in [1.165, 1.54) is 0 Å². The predicted octanol–water partition coefficient (Wildman–Crippen LogP) is 0.196. The fraction of sp³-hybridized carbons (Fsp3) is 0.500. The molecule has 0 amide bonds. The highest BCUT2D eigenvalue weighted by Crippen LogP contribution is 1.94. The van der Waals surface area contributed by atoms with E-state index in [2.05, 4.69) is 22.6 Å². The zero-order valence-corrected chi connectivity index (χ0v) is 10.8. The van der Waals surface area contributed by atoms with Crippen molar-refractivity contribution in [2.24, 2.45) is 0 Å². The molecule has 0 aliphatic rings. The van der Waals surface area contributed by atoms with Crippen molar-refractivity contribution in [3.8, 4) is 0 Å². The maximum absolute atomic E-state index is 10.8. The Hall–Kier alpha value is -1.66. The van der Waals surface area contributed by atoms with Crippen molar-refractivity contribution in [1.82, 2.24) is 0 Å². The fourth-order valence-corrected chi connectivity index (χ4v) is 0.515. The van der Waals surface area contributed by atoms with Crippen LogP contribution < -0.4 is 0 Å². The lowest BCUT2D eigenvalue weighted by Gasteiger charge is -2.05. The first kappa shape index (κ1) is 18.7. The van der Waals surface area contributed by atoms with Crippen molar-refractivity contribution in [2.75, 3.05) is 26.4 Å². The Balaban J connectivity index is 0. The molecule has 0 radical (unpaired) electrons. The van der Waals surface area contributed by atoms with Crippen LogP contribution in [0.1, 0.15) is 13.8 Å². The van der Waals surface area contributed by atoms with E-state index in [0.717, 1.165) is 0 Å². The summed E-state index contributed by atoms with van der Waals surface area (Å²) in [5.41, 5.74) is 0.632. The Bertz CT molecular complexity index is 265. The largest absolute Gasteiger partial charge is 0.459 e. The monoisotopic (exact) mass is 260 g/mol. The van der Waals surface area contributed by atoms with Crippen molar-refractivity contribution in [3.05, 3.63) is 24.3 Å². The zero-order valence-electron chi connectivity index (χ0n) is 10.8. The number of aliphatic hydroxyl groups is 2. The second kappa shape index (κ2) is 11.8. The number of ether oxygens (including phenoxy) is 2.